The zero-order chi connectivity index (χ0) is 18.9. The van der Waals surface area contributed by atoms with Crippen LogP contribution in [0.2, 0.25) is 0 Å². The maximum atomic E-state index is 12.1. The highest BCUT2D eigenvalue weighted by atomic mass is 32.1. The molecule has 26 heavy (non-hydrogen) atoms. The SMILES string of the molecule is CCCCC(=O)N=c1sc2cc(C(=O)OCC)ccc2n1CCOCC. The van der Waals surface area contributed by atoms with Crippen LogP contribution >= 0.6 is 11.3 Å². The standard InChI is InChI=1S/C19H26N2O4S/c1-4-7-8-17(22)20-19-21(11-12-24-5-2)15-10-9-14(13-16(15)26-19)18(23)25-6-3/h9-10,13H,4-8,11-12H2,1-3H3. The number of carbonyl (C=O) groups is 2. The van der Waals surface area contributed by atoms with Gasteiger partial charge in [0.1, 0.15) is 0 Å². The van der Waals surface area contributed by atoms with E-state index in [1.807, 2.05) is 24.5 Å². The molecule has 0 aliphatic carbocycles. The molecular weight excluding hydrogens is 352 g/mol. The van der Waals surface area contributed by atoms with E-state index in [0.717, 1.165) is 23.1 Å². The number of benzene rings is 1. The molecule has 2 aromatic rings. The van der Waals surface area contributed by atoms with E-state index < -0.39 is 0 Å². The van der Waals surface area contributed by atoms with E-state index >= 15 is 0 Å². The molecule has 0 atom stereocenters. The van der Waals surface area contributed by atoms with Gasteiger partial charge in [-0.2, -0.15) is 4.99 Å². The first-order chi connectivity index (χ1) is 12.6. The van der Waals surface area contributed by atoms with Crippen LogP contribution in [0.1, 0.15) is 50.4 Å². The Morgan fingerprint density at radius 1 is 1.19 bits per heavy atom. The number of carbonyl (C=O) groups excluding carboxylic acids is 2. The molecule has 0 aliphatic heterocycles. The van der Waals surface area contributed by atoms with E-state index in [2.05, 4.69) is 4.99 Å². The maximum absolute atomic E-state index is 12.1. The fourth-order valence-corrected chi connectivity index (χ4v) is 3.62. The van der Waals surface area contributed by atoms with E-state index in [9.17, 15) is 9.59 Å². The second-order valence-corrected chi connectivity index (χ2v) is 6.75. The lowest BCUT2D eigenvalue weighted by Gasteiger charge is -2.06. The first-order valence-electron chi connectivity index (χ1n) is 9.06. The van der Waals surface area contributed by atoms with Gasteiger partial charge in [-0.15, -0.1) is 0 Å². The normalized spacial score (nSPS) is 11.9. The van der Waals surface area contributed by atoms with Gasteiger partial charge >= 0.3 is 5.97 Å². The number of thiazole rings is 1. The number of fused-ring (bicyclic) bond motifs is 1. The van der Waals surface area contributed by atoms with Gasteiger partial charge in [0.15, 0.2) is 4.80 Å². The smallest absolute Gasteiger partial charge is 0.338 e. The second-order valence-electron chi connectivity index (χ2n) is 5.75. The summed E-state index contributed by atoms with van der Waals surface area (Å²) in [6.45, 7) is 7.89. The number of unbranched alkanes of at least 4 members (excludes halogenated alkanes) is 1. The van der Waals surface area contributed by atoms with Gasteiger partial charge in [-0.05, 0) is 38.5 Å². The summed E-state index contributed by atoms with van der Waals surface area (Å²) < 4.78 is 13.4. The van der Waals surface area contributed by atoms with Gasteiger partial charge < -0.3 is 14.0 Å². The molecule has 0 radical (unpaired) electrons. The molecular formula is C19H26N2O4S. The van der Waals surface area contributed by atoms with Gasteiger partial charge in [0.05, 0.1) is 29.0 Å². The van der Waals surface area contributed by atoms with E-state index in [4.69, 9.17) is 9.47 Å². The number of rotatable bonds is 9. The molecule has 1 heterocycles. The number of ether oxygens (including phenoxy) is 2. The Kier molecular flexibility index (Phi) is 8.00. The molecule has 7 heteroatoms. The van der Waals surface area contributed by atoms with E-state index in [1.165, 1.54) is 11.3 Å². The third kappa shape index (κ3) is 5.25. The summed E-state index contributed by atoms with van der Waals surface area (Å²) in [5, 5.41) is 0. The lowest BCUT2D eigenvalue weighted by molar-refractivity contribution is -0.118. The first-order valence-corrected chi connectivity index (χ1v) is 9.88. The summed E-state index contributed by atoms with van der Waals surface area (Å²) in [6.07, 6.45) is 2.24. The molecule has 0 N–H and O–H groups in total. The van der Waals surface area contributed by atoms with Crippen molar-refractivity contribution in [2.45, 2.75) is 46.6 Å². The summed E-state index contributed by atoms with van der Waals surface area (Å²) in [5.74, 6) is -0.463. The molecule has 0 fully saturated rings. The Morgan fingerprint density at radius 2 is 2.00 bits per heavy atom. The largest absolute Gasteiger partial charge is 0.462 e. The third-order valence-electron chi connectivity index (χ3n) is 3.82. The molecule has 0 spiro atoms. The van der Waals surface area contributed by atoms with Crippen LogP contribution < -0.4 is 4.80 Å². The Hall–Kier alpha value is -1.99. The van der Waals surface area contributed by atoms with Crippen molar-refractivity contribution >= 4 is 33.4 Å². The van der Waals surface area contributed by atoms with E-state index in [1.54, 1.807) is 19.1 Å². The molecule has 0 unspecified atom stereocenters. The van der Waals surface area contributed by atoms with Crippen molar-refractivity contribution in [1.29, 1.82) is 0 Å². The van der Waals surface area contributed by atoms with Crippen LogP contribution in [0.3, 0.4) is 0 Å². The van der Waals surface area contributed by atoms with Crippen LogP contribution in [-0.4, -0.2) is 36.3 Å². The zero-order valence-corrected chi connectivity index (χ0v) is 16.4. The minimum atomic E-state index is -0.346. The Labute approximate surface area is 157 Å². The second kappa shape index (κ2) is 10.2. The van der Waals surface area contributed by atoms with Crippen LogP contribution in [0.25, 0.3) is 10.2 Å². The average Bonchev–Trinajstić information content (AvgIpc) is 2.96. The van der Waals surface area contributed by atoms with Crippen molar-refractivity contribution in [3.63, 3.8) is 0 Å². The van der Waals surface area contributed by atoms with E-state index in [0.29, 0.717) is 43.2 Å². The van der Waals surface area contributed by atoms with Gasteiger partial charge in [0.25, 0.3) is 0 Å². The zero-order valence-electron chi connectivity index (χ0n) is 15.6. The molecule has 2 rings (SSSR count). The summed E-state index contributed by atoms with van der Waals surface area (Å²) in [6, 6.07) is 5.41. The Morgan fingerprint density at radius 3 is 2.69 bits per heavy atom. The fourth-order valence-electron chi connectivity index (χ4n) is 2.51. The van der Waals surface area contributed by atoms with Crippen molar-refractivity contribution in [3.8, 4) is 0 Å². The number of amides is 1. The molecule has 6 nitrogen and oxygen atoms in total. The number of esters is 1. The molecule has 1 aromatic carbocycles. The van der Waals surface area contributed by atoms with Crippen molar-refractivity contribution in [2.75, 3.05) is 19.8 Å². The first kappa shape index (κ1) is 20.3. The van der Waals surface area contributed by atoms with Crippen molar-refractivity contribution in [2.24, 2.45) is 4.99 Å². The molecule has 1 aromatic heterocycles. The van der Waals surface area contributed by atoms with Gasteiger partial charge in [0.2, 0.25) is 5.91 Å². The van der Waals surface area contributed by atoms with Crippen molar-refractivity contribution in [3.05, 3.63) is 28.6 Å². The summed E-state index contributed by atoms with van der Waals surface area (Å²) in [5.41, 5.74) is 1.44. The third-order valence-corrected chi connectivity index (χ3v) is 4.86. The highest BCUT2D eigenvalue weighted by molar-refractivity contribution is 7.16. The summed E-state index contributed by atoms with van der Waals surface area (Å²) in [7, 11) is 0. The number of aromatic nitrogens is 1. The number of hydrogen-bond donors (Lipinski definition) is 0. The van der Waals surface area contributed by atoms with Crippen molar-refractivity contribution in [1.82, 2.24) is 4.57 Å². The van der Waals surface area contributed by atoms with Crippen molar-refractivity contribution < 1.29 is 19.1 Å². The van der Waals surface area contributed by atoms with Crippen LogP contribution in [-0.2, 0) is 20.8 Å². The fraction of sp³-hybridized carbons (Fsp3) is 0.526. The van der Waals surface area contributed by atoms with E-state index in [-0.39, 0.29) is 11.9 Å². The van der Waals surface area contributed by atoms with Crippen LogP contribution in [0.15, 0.2) is 23.2 Å². The number of nitrogens with zero attached hydrogens (tertiary/aromatic N) is 2. The van der Waals surface area contributed by atoms with Gasteiger partial charge in [-0.3, -0.25) is 4.79 Å². The number of hydrogen-bond acceptors (Lipinski definition) is 5. The quantitative estimate of drug-likeness (QED) is 0.494. The van der Waals surface area contributed by atoms with Gasteiger partial charge in [-0.1, -0.05) is 24.7 Å². The highest BCUT2D eigenvalue weighted by Gasteiger charge is 2.12. The predicted molar refractivity (Wildman–Crippen MR) is 102 cm³/mol. The summed E-state index contributed by atoms with van der Waals surface area (Å²) >= 11 is 1.41. The molecule has 1 amide bonds. The lowest BCUT2D eigenvalue weighted by Crippen LogP contribution is -2.19. The van der Waals surface area contributed by atoms with Crippen LogP contribution in [0, 0.1) is 0 Å². The minimum Gasteiger partial charge on any atom is -0.462 e. The molecule has 0 bridgehead atoms. The highest BCUT2D eigenvalue weighted by Crippen LogP contribution is 2.20. The van der Waals surface area contributed by atoms with Crippen LogP contribution in [0.5, 0.6) is 0 Å². The monoisotopic (exact) mass is 378 g/mol. The van der Waals surface area contributed by atoms with Gasteiger partial charge in [-0.25, -0.2) is 4.79 Å². The molecule has 142 valence electrons. The minimum absolute atomic E-state index is 0.116. The maximum Gasteiger partial charge on any atom is 0.338 e. The summed E-state index contributed by atoms with van der Waals surface area (Å²) in [4.78, 5) is 29.0. The molecule has 0 aliphatic rings. The Bertz CT molecular complexity index is 823. The topological polar surface area (TPSA) is 69.9 Å². The van der Waals surface area contributed by atoms with Gasteiger partial charge in [0, 0.05) is 19.6 Å². The predicted octanol–water partition coefficient (Wildman–Crippen LogP) is 3.53. The van der Waals surface area contributed by atoms with Crippen LogP contribution in [0.4, 0.5) is 0 Å². The Balaban J connectivity index is 2.43. The molecule has 0 saturated heterocycles. The average molecular weight is 378 g/mol. The lowest BCUT2D eigenvalue weighted by atomic mass is 10.2. The molecule has 0 saturated carbocycles.